The van der Waals surface area contributed by atoms with Crippen LogP contribution < -0.4 is 10.6 Å². The van der Waals surface area contributed by atoms with E-state index in [-0.39, 0.29) is 0 Å². The Morgan fingerprint density at radius 3 is 1.78 bits per heavy atom. The van der Waals surface area contributed by atoms with Gasteiger partial charge in [-0.3, -0.25) is 4.57 Å². The van der Waals surface area contributed by atoms with Crippen LogP contribution in [0.15, 0.2) is 65.4 Å². The van der Waals surface area contributed by atoms with Crippen LogP contribution in [0.4, 0.5) is 0 Å². The van der Waals surface area contributed by atoms with Gasteiger partial charge < -0.3 is 0 Å². The molecule has 2 rings (SSSR count). The van der Waals surface area contributed by atoms with Gasteiger partial charge in [0.2, 0.25) is 7.29 Å². The summed E-state index contributed by atoms with van der Waals surface area (Å²) in [7, 11) is -2.87. The van der Waals surface area contributed by atoms with E-state index in [1.165, 1.54) is 0 Å². The summed E-state index contributed by atoms with van der Waals surface area (Å²) in [6, 6.07) is 18.9. The van der Waals surface area contributed by atoms with Crippen LogP contribution in [-0.4, -0.2) is 6.21 Å². The summed E-state index contributed by atoms with van der Waals surface area (Å²) < 4.78 is 17.5. The number of hydrogen-bond acceptors (Lipinski definition) is 1. The third kappa shape index (κ3) is 2.60. The minimum atomic E-state index is -2.87. The molecular formula is C15H16NOP. The second-order valence-electron chi connectivity index (χ2n) is 3.95. The maximum absolute atomic E-state index is 13.2. The Hall–Kier alpha value is -1.66. The summed E-state index contributed by atoms with van der Waals surface area (Å²) in [6.07, 6.45) is 2.52. The largest absolute Gasteiger partial charge is 0.288 e. The normalized spacial score (nSPS) is 11.8. The van der Waals surface area contributed by atoms with Crippen molar-refractivity contribution in [1.82, 2.24) is 0 Å². The molecule has 0 aromatic heterocycles. The fourth-order valence-corrected chi connectivity index (χ4v) is 3.85. The van der Waals surface area contributed by atoms with Gasteiger partial charge in [-0.25, -0.2) is 4.76 Å². The fourth-order valence-electron chi connectivity index (χ4n) is 1.74. The fraction of sp³-hybridized carbons (Fsp3) is 0.133. The van der Waals surface area contributed by atoms with E-state index in [1.807, 2.05) is 67.6 Å². The van der Waals surface area contributed by atoms with Gasteiger partial charge in [-0.05, 0) is 30.7 Å². The predicted octanol–water partition coefficient (Wildman–Crippen LogP) is 3.40. The average molecular weight is 257 g/mol. The van der Waals surface area contributed by atoms with Gasteiger partial charge in [0, 0.05) is 16.8 Å². The molecule has 0 aliphatic heterocycles. The second kappa shape index (κ2) is 5.79. The van der Waals surface area contributed by atoms with Gasteiger partial charge in [-0.2, -0.15) is 0 Å². The minimum Gasteiger partial charge on any atom is -0.288 e. The van der Waals surface area contributed by atoms with Gasteiger partial charge >= 0.3 is 0 Å². The third-order valence-corrected chi connectivity index (χ3v) is 5.12. The number of hydrogen-bond donors (Lipinski definition) is 0. The highest BCUT2D eigenvalue weighted by molar-refractivity contribution is 7.77. The van der Waals surface area contributed by atoms with Crippen LogP contribution >= 0.6 is 7.29 Å². The number of nitrogens with zero attached hydrogens (tertiary/aromatic N) is 1. The lowest BCUT2D eigenvalue weighted by atomic mass is 10.4. The van der Waals surface area contributed by atoms with Crippen molar-refractivity contribution in [3.8, 4) is 0 Å². The van der Waals surface area contributed by atoms with Gasteiger partial charge in [0.15, 0.2) is 0 Å². The molecule has 0 radical (unpaired) electrons. The highest BCUT2D eigenvalue weighted by Crippen LogP contribution is 2.44. The Balaban J connectivity index is 2.56. The van der Waals surface area contributed by atoms with E-state index in [0.29, 0.717) is 0 Å². The molecule has 0 atom stereocenters. The maximum Gasteiger partial charge on any atom is 0.247 e. The Morgan fingerprint density at radius 2 is 1.39 bits per heavy atom. The molecule has 18 heavy (non-hydrogen) atoms. The van der Waals surface area contributed by atoms with Crippen LogP contribution in [0.25, 0.3) is 0 Å². The van der Waals surface area contributed by atoms with E-state index < -0.39 is 7.29 Å². The van der Waals surface area contributed by atoms with Crippen LogP contribution in [0.2, 0.25) is 0 Å². The summed E-state index contributed by atoms with van der Waals surface area (Å²) in [6.45, 7) is 1.99. The molecule has 0 saturated heterocycles. The van der Waals surface area contributed by atoms with Crippen LogP contribution in [-0.2, 0) is 4.57 Å². The quantitative estimate of drug-likeness (QED) is 0.609. The average Bonchev–Trinajstić information content (AvgIpc) is 2.46. The second-order valence-corrected chi connectivity index (χ2v) is 6.37. The lowest BCUT2D eigenvalue weighted by Crippen LogP contribution is -2.14. The first-order chi connectivity index (χ1) is 8.77. The van der Waals surface area contributed by atoms with Crippen molar-refractivity contribution < 1.29 is 4.57 Å². The number of benzene rings is 2. The van der Waals surface area contributed by atoms with Crippen molar-refractivity contribution in [1.29, 1.82) is 0 Å². The first kappa shape index (κ1) is 12.8. The van der Waals surface area contributed by atoms with Gasteiger partial charge in [0.1, 0.15) is 0 Å². The Kier molecular flexibility index (Phi) is 4.11. The van der Waals surface area contributed by atoms with Crippen molar-refractivity contribution in [2.45, 2.75) is 13.3 Å². The molecule has 0 aliphatic rings. The zero-order valence-electron chi connectivity index (χ0n) is 10.4. The van der Waals surface area contributed by atoms with Crippen molar-refractivity contribution >= 4 is 24.1 Å². The first-order valence-electron chi connectivity index (χ1n) is 6.02. The molecule has 0 spiro atoms. The zero-order valence-corrected chi connectivity index (χ0v) is 11.3. The molecule has 3 heteroatoms. The molecule has 2 aromatic carbocycles. The summed E-state index contributed by atoms with van der Waals surface area (Å²) >= 11 is 0. The summed E-state index contributed by atoms with van der Waals surface area (Å²) in [5.41, 5.74) is 0. The predicted molar refractivity (Wildman–Crippen MR) is 78.5 cm³/mol. The molecule has 0 heterocycles. The minimum absolute atomic E-state index is 0.779. The van der Waals surface area contributed by atoms with Gasteiger partial charge in [0.25, 0.3) is 0 Å². The molecule has 0 amide bonds. The molecule has 0 unspecified atom stereocenters. The smallest absolute Gasteiger partial charge is 0.247 e. The van der Waals surface area contributed by atoms with E-state index in [9.17, 15) is 4.57 Å². The SMILES string of the molecule is CC/C=N/P(=O)(c1ccccc1)c1ccccc1. The Bertz CT molecular complexity index is 520. The van der Waals surface area contributed by atoms with Crippen LogP contribution in [0.5, 0.6) is 0 Å². The Labute approximate surface area is 108 Å². The molecule has 2 aromatic rings. The van der Waals surface area contributed by atoms with Crippen molar-refractivity contribution in [2.24, 2.45) is 4.76 Å². The van der Waals surface area contributed by atoms with E-state index in [0.717, 1.165) is 17.0 Å². The zero-order chi connectivity index (χ0) is 12.8. The number of rotatable bonds is 4. The monoisotopic (exact) mass is 257 g/mol. The van der Waals surface area contributed by atoms with Crippen LogP contribution in [0.3, 0.4) is 0 Å². The van der Waals surface area contributed by atoms with E-state index in [1.54, 1.807) is 6.21 Å². The summed E-state index contributed by atoms with van der Waals surface area (Å²) in [5, 5.41) is 1.56. The highest BCUT2D eigenvalue weighted by Gasteiger charge is 2.25. The highest BCUT2D eigenvalue weighted by atomic mass is 31.2. The standard InChI is InChI=1S/C15H16NOP/c1-2-13-16-18(17,14-9-5-3-6-10-14)15-11-7-4-8-12-15/h3-13H,2H2,1H3/b16-13+. The Morgan fingerprint density at radius 1 is 0.944 bits per heavy atom. The van der Waals surface area contributed by atoms with Crippen molar-refractivity contribution in [2.75, 3.05) is 0 Å². The van der Waals surface area contributed by atoms with Crippen molar-refractivity contribution in [3.05, 3.63) is 60.7 Å². The maximum atomic E-state index is 13.2. The van der Waals surface area contributed by atoms with Crippen LogP contribution in [0.1, 0.15) is 13.3 Å². The summed E-state index contributed by atoms with van der Waals surface area (Å²) in [4.78, 5) is 0. The molecule has 0 N–H and O–H groups in total. The molecule has 0 saturated carbocycles. The molecule has 0 fully saturated rings. The van der Waals surface area contributed by atoms with Gasteiger partial charge in [0.05, 0.1) is 0 Å². The molecule has 2 nitrogen and oxygen atoms in total. The van der Waals surface area contributed by atoms with Crippen molar-refractivity contribution in [3.63, 3.8) is 0 Å². The molecule has 0 aliphatic carbocycles. The molecular weight excluding hydrogens is 241 g/mol. The van der Waals surface area contributed by atoms with E-state index >= 15 is 0 Å². The molecule has 0 bridgehead atoms. The topological polar surface area (TPSA) is 29.4 Å². The first-order valence-corrected chi connectivity index (χ1v) is 7.68. The third-order valence-electron chi connectivity index (χ3n) is 2.64. The van der Waals surface area contributed by atoms with E-state index in [4.69, 9.17) is 0 Å². The van der Waals surface area contributed by atoms with E-state index in [2.05, 4.69) is 4.76 Å². The van der Waals surface area contributed by atoms with Gasteiger partial charge in [-0.15, -0.1) is 0 Å². The van der Waals surface area contributed by atoms with Gasteiger partial charge in [-0.1, -0.05) is 43.3 Å². The summed E-state index contributed by atoms with van der Waals surface area (Å²) in [5.74, 6) is 0. The molecule has 92 valence electrons. The lowest BCUT2D eigenvalue weighted by Gasteiger charge is -2.14. The van der Waals surface area contributed by atoms with Crippen LogP contribution in [0, 0.1) is 0 Å². The lowest BCUT2D eigenvalue weighted by molar-refractivity contribution is 0.588.